The van der Waals surface area contributed by atoms with E-state index in [9.17, 15) is 4.79 Å². The summed E-state index contributed by atoms with van der Waals surface area (Å²) in [6, 6.07) is 2.14. The molecular weight excluding hydrogens is 266 g/mol. The second kappa shape index (κ2) is 5.45. The molecule has 3 rings (SSSR count). The Morgan fingerprint density at radius 1 is 1.37 bits per heavy atom. The number of ether oxygens (including phenoxy) is 1. The van der Waals surface area contributed by atoms with Crippen molar-refractivity contribution in [2.24, 2.45) is 0 Å². The first kappa shape index (κ1) is 12.8. The SMILES string of the molecule is O=C(c1ccncc1Cl)N1CC(N2CCOCC2)C1. The average molecular weight is 282 g/mol. The molecule has 3 heterocycles. The Morgan fingerprint density at radius 3 is 2.79 bits per heavy atom. The van der Waals surface area contributed by atoms with Crippen molar-refractivity contribution in [3.8, 4) is 0 Å². The van der Waals surface area contributed by atoms with E-state index >= 15 is 0 Å². The average Bonchev–Trinajstić information content (AvgIpc) is 2.38. The van der Waals surface area contributed by atoms with Crippen LogP contribution in [0.25, 0.3) is 0 Å². The van der Waals surface area contributed by atoms with Crippen molar-refractivity contribution in [2.45, 2.75) is 6.04 Å². The Balaban J connectivity index is 1.58. The van der Waals surface area contributed by atoms with E-state index in [4.69, 9.17) is 16.3 Å². The van der Waals surface area contributed by atoms with Gasteiger partial charge in [-0.3, -0.25) is 14.7 Å². The zero-order valence-electron chi connectivity index (χ0n) is 10.6. The predicted octanol–water partition coefficient (Wildman–Crippen LogP) is 0.892. The molecule has 6 heteroatoms. The van der Waals surface area contributed by atoms with E-state index < -0.39 is 0 Å². The Morgan fingerprint density at radius 2 is 2.11 bits per heavy atom. The summed E-state index contributed by atoms with van der Waals surface area (Å²) in [4.78, 5) is 20.4. The Hall–Kier alpha value is -1.17. The number of hydrogen-bond acceptors (Lipinski definition) is 4. The smallest absolute Gasteiger partial charge is 0.255 e. The molecule has 0 spiro atoms. The molecule has 5 nitrogen and oxygen atoms in total. The van der Waals surface area contributed by atoms with Crippen LogP contribution in [0.1, 0.15) is 10.4 Å². The molecule has 1 aromatic heterocycles. The van der Waals surface area contributed by atoms with Gasteiger partial charge in [-0.1, -0.05) is 11.6 Å². The van der Waals surface area contributed by atoms with Crippen molar-refractivity contribution < 1.29 is 9.53 Å². The number of halogens is 1. The molecule has 2 aliphatic heterocycles. The normalized spacial score (nSPS) is 21.2. The van der Waals surface area contributed by atoms with Crippen LogP contribution in [0.4, 0.5) is 0 Å². The van der Waals surface area contributed by atoms with Crippen molar-refractivity contribution >= 4 is 17.5 Å². The summed E-state index contributed by atoms with van der Waals surface area (Å²) in [7, 11) is 0. The van der Waals surface area contributed by atoms with E-state index in [-0.39, 0.29) is 5.91 Å². The van der Waals surface area contributed by atoms with Gasteiger partial charge in [0.2, 0.25) is 0 Å². The van der Waals surface area contributed by atoms with Crippen LogP contribution in [-0.4, -0.2) is 66.1 Å². The molecule has 0 bridgehead atoms. The summed E-state index contributed by atoms with van der Waals surface area (Å²) >= 11 is 5.99. The Kier molecular flexibility index (Phi) is 3.68. The molecule has 1 amide bonds. The van der Waals surface area contributed by atoms with Crippen LogP contribution in [0.5, 0.6) is 0 Å². The van der Waals surface area contributed by atoms with Crippen molar-refractivity contribution in [1.29, 1.82) is 0 Å². The second-order valence-corrected chi connectivity index (χ2v) is 5.28. The molecular formula is C13H16ClN3O2. The molecule has 0 saturated carbocycles. The minimum Gasteiger partial charge on any atom is -0.379 e. The van der Waals surface area contributed by atoms with Crippen LogP contribution >= 0.6 is 11.6 Å². The number of likely N-dealkylation sites (tertiary alicyclic amines) is 1. The molecule has 102 valence electrons. The monoisotopic (exact) mass is 281 g/mol. The van der Waals surface area contributed by atoms with Gasteiger partial charge < -0.3 is 9.64 Å². The summed E-state index contributed by atoms with van der Waals surface area (Å²) in [5.41, 5.74) is 0.539. The summed E-state index contributed by atoms with van der Waals surface area (Å²) in [6.45, 7) is 5.06. The molecule has 2 saturated heterocycles. The number of carbonyl (C=O) groups is 1. The molecule has 2 fully saturated rings. The third kappa shape index (κ3) is 2.59. The highest BCUT2D eigenvalue weighted by molar-refractivity contribution is 6.33. The quantitative estimate of drug-likeness (QED) is 0.808. The molecule has 0 unspecified atom stereocenters. The van der Waals surface area contributed by atoms with Crippen LogP contribution in [0.3, 0.4) is 0 Å². The Labute approximate surface area is 117 Å². The van der Waals surface area contributed by atoms with Gasteiger partial charge >= 0.3 is 0 Å². The lowest BCUT2D eigenvalue weighted by molar-refractivity contribution is -0.0256. The molecule has 0 N–H and O–H groups in total. The van der Waals surface area contributed by atoms with Crippen molar-refractivity contribution in [3.63, 3.8) is 0 Å². The number of morpholine rings is 1. The lowest BCUT2D eigenvalue weighted by atomic mass is 10.0. The fourth-order valence-corrected chi connectivity index (χ4v) is 2.71. The van der Waals surface area contributed by atoms with E-state index in [1.807, 2.05) is 4.90 Å². The number of aromatic nitrogens is 1. The molecule has 2 aliphatic rings. The Bertz CT molecular complexity index is 471. The van der Waals surface area contributed by atoms with Crippen molar-refractivity contribution in [2.75, 3.05) is 39.4 Å². The fourth-order valence-electron chi connectivity index (χ4n) is 2.51. The van der Waals surface area contributed by atoms with Crippen LogP contribution in [-0.2, 0) is 4.74 Å². The van der Waals surface area contributed by atoms with Gasteiger partial charge in [0.1, 0.15) is 0 Å². The van der Waals surface area contributed by atoms with Crippen LogP contribution in [0.2, 0.25) is 5.02 Å². The number of rotatable bonds is 2. The molecule has 1 aromatic rings. The third-order valence-electron chi connectivity index (χ3n) is 3.71. The van der Waals surface area contributed by atoms with Gasteiger partial charge in [0.25, 0.3) is 5.91 Å². The minimum absolute atomic E-state index is 0.00286. The number of amides is 1. The first-order valence-electron chi connectivity index (χ1n) is 6.46. The predicted molar refractivity (Wildman–Crippen MR) is 71.3 cm³/mol. The molecule has 19 heavy (non-hydrogen) atoms. The fraction of sp³-hybridized carbons (Fsp3) is 0.538. The van der Waals surface area contributed by atoms with Crippen LogP contribution in [0.15, 0.2) is 18.5 Å². The van der Waals surface area contributed by atoms with E-state index in [0.717, 1.165) is 39.4 Å². The van der Waals surface area contributed by atoms with Gasteiger partial charge in [0.15, 0.2) is 0 Å². The van der Waals surface area contributed by atoms with Gasteiger partial charge in [-0.25, -0.2) is 0 Å². The second-order valence-electron chi connectivity index (χ2n) is 4.87. The highest BCUT2D eigenvalue weighted by Crippen LogP contribution is 2.22. The maximum atomic E-state index is 12.2. The zero-order valence-corrected chi connectivity index (χ0v) is 11.3. The largest absolute Gasteiger partial charge is 0.379 e. The summed E-state index contributed by atoms with van der Waals surface area (Å²) in [5.74, 6) is -0.00286. The highest BCUT2D eigenvalue weighted by atomic mass is 35.5. The lowest BCUT2D eigenvalue weighted by Gasteiger charge is -2.46. The van der Waals surface area contributed by atoms with Gasteiger partial charge in [-0.05, 0) is 6.07 Å². The first-order chi connectivity index (χ1) is 9.25. The third-order valence-corrected chi connectivity index (χ3v) is 4.02. The van der Waals surface area contributed by atoms with Crippen molar-refractivity contribution in [1.82, 2.24) is 14.8 Å². The van der Waals surface area contributed by atoms with Crippen LogP contribution < -0.4 is 0 Å². The molecule has 0 atom stereocenters. The lowest BCUT2D eigenvalue weighted by Crippen LogP contribution is -2.62. The van der Waals surface area contributed by atoms with E-state index in [1.165, 1.54) is 6.20 Å². The molecule has 0 aliphatic carbocycles. The standard InChI is InChI=1S/C13H16ClN3O2/c14-12-7-15-2-1-11(12)13(18)17-8-10(9-17)16-3-5-19-6-4-16/h1-2,7,10H,3-6,8-9H2. The van der Waals surface area contributed by atoms with E-state index in [2.05, 4.69) is 9.88 Å². The topological polar surface area (TPSA) is 45.7 Å². The maximum absolute atomic E-state index is 12.2. The van der Waals surface area contributed by atoms with Gasteiger partial charge in [0.05, 0.1) is 23.8 Å². The van der Waals surface area contributed by atoms with Crippen LogP contribution in [0, 0.1) is 0 Å². The van der Waals surface area contributed by atoms with Crippen molar-refractivity contribution in [3.05, 3.63) is 29.0 Å². The summed E-state index contributed by atoms with van der Waals surface area (Å²) in [6.07, 6.45) is 3.10. The molecule has 0 aromatic carbocycles. The number of pyridine rings is 1. The highest BCUT2D eigenvalue weighted by Gasteiger charge is 2.36. The molecule has 0 radical (unpaired) electrons. The summed E-state index contributed by atoms with van der Waals surface area (Å²) < 4.78 is 5.33. The minimum atomic E-state index is -0.00286. The number of nitrogens with zero attached hydrogens (tertiary/aromatic N) is 3. The van der Waals surface area contributed by atoms with E-state index in [0.29, 0.717) is 16.6 Å². The number of carbonyl (C=O) groups excluding carboxylic acids is 1. The summed E-state index contributed by atoms with van der Waals surface area (Å²) in [5, 5.41) is 0.419. The number of hydrogen-bond donors (Lipinski definition) is 0. The van der Waals surface area contributed by atoms with Gasteiger partial charge in [-0.2, -0.15) is 0 Å². The van der Waals surface area contributed by atoms with E-state index in [1.54, 1.807) is 12.3 Å². The van der Waals surface area contributed by atoms with Gasteiger partial charge in [0, 0.05) is 44.6 Å². The van der Waals surface area contributed by atoms with Gasteiger partial charge in [-0.15, -0.1) is 0 Å². The first-order valence-corrected chi connectivity index (χ1v) is 6.84. The zero-order chi connectivity index (χ0) is 13.2. The maximum Gasteiger partial charge on any atom is 0.255 e.